The van der Waals surface area contributed by atoms with Crippen LogP contribution < -0.4 is 0 Å². The third kappa shape index (κ3) is 6.48. The lowest BCUT2D eigenvalue weighted by Gasteiger charge is -2.21. The Labute approximate surface area is 418 Å². The van der Waals surface area contributed by atoms with Crippen LogP contribution in [-0.2, 0) is 0 Å². The van der Waals surface area contributed by atoms with E-state index in [0.717, 1.165) is 77.2 Å². The lowest BCUT2D eigenvalue weighted by molar-refractivity contribution is 1.08. The molecule has 15 aromatic rings. The molecule has 0 saturated heterocycles. The zero-order valence-electron chi connectivity index (χ0n) is 38.8. The number of thiophene rings is 1. The molecule has 0 aliphatic carbocycles. The summed E-state index contributed by atoms with van der Waals surface area (Å²) < 4.78 is 5.02. The van der Waals surface area contributed by atoms with Crippen LogP contribution in [0.2, 0.25) is 0 Å². The molecule has 0 aliphatic rings. The maximum Gasteiger partial charge on any atom is 0.165 e. The molecular formula is C67H40N4S. The highest BCUT2D eigenvalue weighted by molar-refractivity contribution is 7.25. The molecule has 0 fully saturated rings. The van der Waals surface area contributed by atoms with Gasteiger partial charge in [0.05, 0.1) is 16.7 Å². The topological polar surface area (TPSA) is 43.6 Å². The van der Waals surface area contributed by atoms with Gasteiger partial charge in [0.2, 0.25) is 0 Å². The first kappa shape index (κ1) is 40.6. The number of nitrogens with zero attached hydrogens (tertiary/aromatic N) is 4. The Balaban J connectivity index is 1.11. The average molecular weight is 933 g/mol. The fourth-order valence-corrected chi connectivity index (χ4v) is 12.2. The molecule has 3 aromatic heterocycles. The van der Waals surface area contributed by atoms with Gasteiger partial charge in [-0.3, -0.25) is 0 Å². The molecule has 0 unspecified atom stereocenters. The van der Waals surface area contributed by atoms with Crippen molar-refractivity contribution >= 4 is 96.4 Å². The average Bonchev–Trinajstić information content (AvgIpc) is 3.97. The first-order valence-electron chi connectivity index (χ1n) is 24.4. The maximum atomic E-state index is 5.60. The minimum Gasteiger partial charge on any atom is -0.309 e. The van der Waals surface area contributed by atoms with Crippen LogP contribution in [0, 0.1) is 0 Å². The van der Waals surface area contributed by atoms with E-state index in [-0.39, 0.29) is 0 Å². The molecule has 4 nitrogen and oxygen atoms in total. The van der Waals surface area contributed by atoms with Crippen molar-refractivity contribution in [1.29, 1.82) is 0 Å². The Hall–Kier alpha value is -9.29. The van der Waals surface area contributed by atoms with Crippen LogP contribution in [0.5, 0.6) is 0 Å². The molecule has 0 radical (unpaired) electrons. The highest BCUT2D eigenvalue weighted by atomic mass is 32.1. The summed E-state index contributed by atoms with van der Waals surface area (Å²) in [6.07, 6.45) is 0. The Bertz CT molecular complexity index is 4590. The zero-order chi connectivity index (χ0) is 47.3. The third-order valence-corrected chi connectivity index (χ3v) is 15.7. The summed E-state index contributed by atoms with van der Waals surface area (Å²) in [5.74, 6) is 1.86. The van der Waals surface area contributed by atoms with Crippen molar-refractivity contribution in [2.45, 2.75) is 0 Å². The van der Waals surface area contributed by atoms with Crippen LogP contribution in [0.4, 0.5) is 0 Å². The molecule has 0 bridgehead atoms. The summed E-state index contributed by atoms with van der Waals surface area (Å²) in [6.45, 7) is 0. The second-order valence-corrected chi connectivity index (χ2v) is 19.8. The molecule has 0 atom stereocenters. The van der Waals surface area contributed by atoms with Crippen molar-refractivity contribution in [1.82, 2.24) is 19.5 Å². The van der Waals surface area contributed by atoms with Crippen LogP contribution in [0.1, 0.15) is 0 Å². The van der Waals surface area contributed by atoms with Crippen molar-refractivity contribution < 1.29 is 0 Å². The second kappa shape index (κ2) is 16.1. The molecule has 3 heterocycles. The number of hydrogen-bond donors (Lipinski definition) is 0. The molecule has 5 heteroatoms. The lowest BCUT2D eigenvalue weighted by atomic mass is 9.88. The molecule has 0 saturated carbocycles. The standard InChI is InChI=1S/C67H40N4S/c1-3-16-41(17-4-1)48-30-32-53-54(36-48)61(71-59-38-46-23-9-7-21-44(46)34-55(59)56-35-45-22-8-10-24-47(45)39-60(56)71)40-58(51-28-15-25-42-18-11-12-26-50(42)51)64(53)67-69-65(43-19-5-2-6-20-43)68-66(70-67)49-31-33-63-57(37-49)52-27-13-14-29-62(52)72-63/h1-40H. The summed E-state index contributed by atoms with van der Waals surface area (Å²) >= 11 is 1.81. The normalized spacial score (nSPS) is 11.9. The van der Waals surface area contributed by atoms with Gasteiger partial charge in [0, 0.05) is 53.0 Å². The monoisotopic (exact) mass is 932 g/mol. The van der Waals surface area contributed by atoms with E-state index < -0.39 is 0 Å². The molecule has 12 aromatic carbocycles. The summed E-state index contributed by atoms with van der Waals surface area (Å²) in [4.78, 5) is 16.4. The van der Waals surface area contributed by atoms with E-state index in [1.807, 2.05) is 17.4 Å². The van der Waals surface area contributed by atoms with Crippen LogP contribution in [0.25, 0.3) is 147 Å². The van der Waals surface area contributed by atoms with E-state index in [1.54, 1.807) is 0 Å². The van der Waals surface area contributed by atoms with E-state index in [0.29, 0.717) is 17.5 Å². The van der Waals surface area contributed by atoms with Crippen molar-refractivity contribution in [3.05, 3.63) is 243 Å². The summed E-state index contributed by atoms with van der Waals surface area (Å²) in [6, 6.07) is 88.0. The van der Waals surface area contributed by atoms with Gasteiger partial charge in [0.25, 0.3) is 0 Å². The number of rotatable bonds is 6. The molecule has 0 spiro atoms. The van der Waals surface area contributed by atoms with Crippen LogP contribution in [0.15, 0.2) is 243 Å². The van der Waals surface area contributed by atoms with Gasteiger partial charge in [0.15, 0.2) is 17.5 Å². The highest BCUT2D eigenvalue weighted by Crippen LogP contribution is 2.47. The Morgan fingerprint density at radius 3 is 1.51 bits per heavy atom. The van der Waals surface area contributed by atoms with Crippen LogP contribution in [-0.4, -0.2) is 19.5 Å². The smallest absolute Gasteiger partial charge is 0.165 e. The van der Waals surface area contributed by atoms with Crippen molar-refractivity contribution in [3.8, 4) is 62.1 Å². The van der Waals surface area contributed by atoms with Gasteiger partial charge in [-0.1, -0.05) is 182 Å². The molecule has 0 N–H and O–H groups in total. The second-order valence-electron chi connectivity index (χ2n) is 18.7. The molecular weight excluding hydrogens is 893 g/mol. The Morgan fingerprint density at radius 2 is 0.806 bits per heavy atom. The van der Waals surface area contributed by atoms with E-state index in [4.69, 9.17) is 15.0 Å². The predicted molar refractivity (Wildman–Crippen MR) is 304 cm³/mol. The van der Waals surface area contributed by atoms with E-state index >= 15 is 0 Å². The van der Waals surface area contributed by atoms with Gasteiger partial charge in [-0.05, 0) is 121 Å². The predicted octanol–water partition coefficient (Wildman–Crippen LogP) is 18.3. The zero-order valence-corrected chi connectivity index (χ0v) is 39.6. The fraction of sp³-hybridized carbons (Fsp3) is 0. The Kier molecular flexibility index (Phi) is 9.10. The van der Waals surface area contributed by atoms with Crippen molar-refractivity contribution in [2.24, 2.45) is 0 Å². The van der Waals surface area contributed by atoms with E-state index in [9.17, 15) is 0 Å². The largest absolute Gasteiger partial charge is 0.309 e. The number of aromatic nitrogens is 4. The quantitative estimate of drug-likeness (QED) is 0.167. The van der Waals surface area contributed by atoms with Crippen LogP contribution in [0.3, 0.4) is 0 Å². The van der Waals surface area contributed by atoms with Gasteiger partial charge in [-0.25, -0.2) is 15.0 Å². The SMILES string of the molecule is c1ccc(-c2ccc3c(-c4nc(-c5ccccc5)nc(-c5ccc6sc7ccccc7c6c5)n4)c(-c4cccc5ccccc45)cc(-n4c5cc6ccccc6cc5c5cc6ccccc6cc54)c3c2)cc1. The highest BCUT2D eigenvalue weighted by Gasteiger charge is 2.25. The first-order chi connectivity index (χ1) is 35.7. The van der Waals surface area contributed by atoms with Crippen LogP contribution >= 0.6 is 11.3 Å². The number of benzene rings is 12. The van der Waals surface area contributed by atoms with Gasteiger partial charge in [-0.15, -0.1) is 11.3 Å². The third-order valence-electron chi connectivity index (χ3n) is 14.6. The van der Waals surface area contributed by atoms with Gasteiger partial charge < -0.3 is 4.57 Å². The Morgan fingerprint density at radius 1 is 0.278 bits per heavy atom. The van der Waals surface area contributed by atoms with Gasteiger partial charge in [-0.2, -0.15) is 0 Å². The summed E-state index contributed by atoms with van der Waals surface area (Å²) in [5, 5.41) is 14.1. The minimum absolute atomic E-state index is 0.611. The van der Waals surface area contributed by atoms with E-state index in [1.165, 1.54) is 52.5 Å². The van der Waals surface area contributed by atoms with Gasteiger partial charge in [0.1, 0.15) is 0 Å². The number of fused-ring (bicyclic) bond motifs is 10. The van der Waals surface area contributed by atoms with Crippen molar-refractivity contribution in [2.75, 3.05) is 0 Å². The molecule has 72 heavy (non-hydrogen) atoms. The molecule has 15 rings (SSSR count). The summed E-state index contributed by atoms with van der Waals surface area (Å²) in [5.41, 5.74) is 10.6. The minimum atomic E-state index is 0.611. The fourth-order valence-electron chi connectivity index (χ4n) is 11.2. The lowest BCUT2D eigenvalue weighted by Crippen LogP contribution is -2.04. The molecule has 0 aliphatic heterocycles. The van der Waals surface area contributed by atoms with Crippen molar-refractivity contribution in [3.63, 3.8) is 0 Å². The molecule has 334 valence electrons. The first-order valence-corrected chi connectivity index (χ1v) is 25.2. The molecule has 0 amide bonds. The van der Waals surface area contributed by atoms with E-state index in [2.05, 4.69) is 241 Å². The maximum absolute atomic E-state index is 5.60. The number of hydrogen-bond acceptors (Lipinski definition) is 4. The van der Waals surface area contributed by atoms with Gasteiger partial charge >= 0.3 is 0 Å². The summed E-state index contributed by atoms with van der Waals surface area (Å²) in [7, 11) is 0.